The predicted molar refractivity (Wildman–Crippen MR) is 96.9 cm³/mol. The summed E-state index contributed by atoms with van der Waals surface area (Å²) < 4.78 is 0. The topological polar surface area (TPSA) is 70.1 Å². The monoisotopic (exact) mass is 327 g/mol. The van der Waals surface area contributed by atoms with Gasteiger partial charge in [0.25, 0.3) is 0 Å². The van der Waals surface area contributed by atoms with Crippen molar-refractivity contribution in [3.05, 3.63) is 29.3 Å². The number of nitrogens with zero attached hydrogens (tertiary/aromatic N) is 6. The average Bonchev–Trinajstić information content (AvgIpc) is 2.57. The number of hydrogen-bond acceptors (Lipinski definition) is 7. The molecule has 1 aliphatic heterocycles. The summed E-state index contributed by atoms with van der Waals surface area (Å²) in [7, 11) is 0. The largest absolute Gasteiger partial charge is 0.354 e. The molecule has 0 saturated carbocycles. The molecular weight excluding hydrogens is 302 g/mol. The summed E-state index contributed by atoms with van der Waals surface area (Å²) in [4.78, 5) is 22.4. The Kier molecular flexibility index (Phi) is 4.78. The van der Waals surface area contributed by atoms with Gasteiger partial charge in [-0.25, -0.2) is 15.0 Å². The Morgan fingerprint density at radius 1 is 1.00 bits per heavy atom. The first-order valence-electron chi connectivity index (χ1n) is 8.46. The molecule has 0 atom stereocenters. The lowest BCUT2D eigenvalue weighted by molar-refractivity contribution is 0.638. The lowest BCUT2D eigenvalue weighted by atomic mass is 10.2. The molecule has 1 N–H and O–H groups in total. The van der Waals surface area contributed by atoms with E-state index in [1.54, 1.807) is 6.33 Å². The predicted octanol–water partition coefficient (Wildman–Crippen LogP) is 1.95. The molecule has 7 heteroatoms. The number of rotatable bonds is 4. The maximum absolute atomic E-state index is 4.64. The van der Waals surface area contributed by atoms with Gasteiger partial charge in [-0.2, -0.15) is 4.98 Å². The first kappa shape index (κ1) is 16.4. The van der Waals surface area contributed by atoms with Crippen LogP contribution >= 0.6 is 0 Å². The molecule has 7 nitrogen and oxygen atoms in total. The van der Waals surface area contributed by atoms with Gasteiger partial charge in [0.05, 0.1) is 0 Å². The van der Waals surface area contributed by atoms with Crippen molar-refractivity contribution < 1.29 is 0 Å². The third-order valence-corrected chi connectivity index (χ3v) is 4.39. The van der Waals surface area contributed by atoms with E-state index >= 15 is 0 Å². The van der Waals surface area contributed by atoms with Crippen molar-refractivity contribution in [1.29, 1.82) is 0 Å². The van der Waals surface area contributed by atoms with E-state index < -0.39 is 0 Å². The fraction of sp³-hybridized carbons (Fsp3) is 0.529. The molecular formula is C17H25N7. The summed E-state index contributed by atoms with van der Waals surface area (Å²) in [6, 6.07) is 2.05. The quantitative estimate of drug-likeness (QED) is 0.920. The van der Waals surface area contributed by atoms with E-state index in [-0.39, 0.29) is 0 Å². The maximum Gasteiger partial charge on any atom is 0.224 e. The summed E-state index contributed by atoms with van der Waals surface area (Å²) in [5.41, 5.74) is 3.20. The first-order valence-corrected chi connectivity index (χ1v) is 8.46. The van der Waals surface area contributed by atoms with Gasteiger partial charge < -0.3 is 15.1 Å². The fourth-order valence-electron chi connectivity index (χ4n) is 2.94. The van der Waals surface area contributed by atoms with E-state index in [2.05, 4.69) is 55.0 Å². The van der Waals surface area contributed by atoms with Gasteiger partial charge in [-0.05, 0) is 27.7 Å². The number of aromatic nitrogens is 4. The zero-order chi connectivity index (χ0) is 17.1. The van der Waals surface area contributed by atoms with Crippen LogP contribution in [0, 0.1) is 20.8 Å². The van der Waals surface area contributed by atoms with Gasteiger partial charge in [-0.1, -0.05) is 0 Å². The zero-order valence-electron chi connectivity index (χ0n) is 14.9. The van der Waals surface area contributed by atoms with Crippen molar-refractivity contribution in [3.8, 4) is 0 Å². The molecule has 0 bridgehead atoms. The Hall–Kier alpha value is -2.44. The van der Waals surface area contributed by atoms with Gasteiger partial charge in [0.1, 0.15) is 18.0 Å². The van der Waals surface area contributed by atoms with Crippen molar-refractivity contribution in [1.82, 2.24) is 19.9 Å². The van der Waals surface area contributed by atoms with Crippen LogP contribution < -0.4 is 15.1 Å². The highest BCUT2D eigenvalue weighted by atomic mass is 15.3. The van der Waals surface area contributed by atoms with Gasteiger partial charge in [0.15, 0.2) is 0 Å². The highest BCUT2D eigenvalue weighted by Crippen LogP contribution is 2.22. The number of nitrogens with one attached hydrogen (secondary N) is 1. The van der Waals surface area contributed by atoms with Crippen molar-refractivity contribution in [2.75, 3.05) is 47.8 Å². The zero-order valence-corrected chi connectivity index (χ0v) is 14.9. The van der Waals surface area contributed by atoms with Crippen LogP contribution in [0.2, 0.25) is 0 Å². The van der Waals surface area contributed by atoms with E-state index in [1.165, 1.54) is 5.56 Å². The van der Waals surface area contributed by atoms with Gasteiger partial charge in [-0.15, -0.1) is 0 Å². The first-order chi connectivity index (χ1) is 11.6. The molecule has 0 aromatic carbocycles. The van der Waals surface area contributed by atoms with Gasteiger partial charge in [-0.3, -0.25) is 0 Å². The van der Waals surface area contributed by atoms with Gasteiger partial charge >= 0.3 is 0 Å². The van der Waals surface area contributed by atoms with E-state index in [0.29, 0.717) is 5.95 Å². The molecule has 0 aliphatic carbocycles. The van der Waals surface area contributed by atoms with E-state index in [9.17, 15) is 0 Å². The lowest BCUT2D eigenvalue weighted by Crippen LogP contribution is -2.47. The Labute approximate surface area is 143 Å². The number of piperazine rings is 1. The van der Waals surface area contributed by atoms with Crippen molar-refractivity contribution in [2.45, 2.75) is 27.7 Å². The summed E-state index contributed by atoms with van der Waals surface area (Å²) in [6.45, 7) is 12.7. The van der Waals surface area contributed by atoms with Gasteiger partial charge in [0, 0.05) is 55.7 Å². The molecule has 1 fully saturated rings. The van der Waals surface area contributed by atoms with E-state index in [1.807, 2.05) is 13.8 Å². The minimum absolute atomic E-state index is 0.706. The molecule has 3 heterocycles. The molecule has 0 radical (unpaired) electrons. The molecule has 0 spiro atoms. The SMILES string of the molecule is CCNc1nc(C)cc(N2CCN(c3ncnc(C)c3C)CC2)n1. The molecule has 0 amide bonds. The van der Waals surface area contributed by atoms with E-state index in [0.717, 1.165) is 55.7 Å². The second kappa shape index (κ2) is 6.98. The third kappa shape index (κ3) is 3.39. The van der Waals surface area contributed by atoms with Gasteiger partial charge in [0.2, 0.25) is 5.95 Å². The summed E-state index contributed by atoms with van der Waals surface area (Å²) >= 11 is 0. The van der Waals surface area contributed by atoms with Crippen LogP contribution in [0.25, 0.3) is 0 Å². The van der Waals surface area contributed by atoms with Crippen LogP contribution in [0.5, 0.6) is 0 Å². The molecule has 1 aliphatic rings. The van der Waals surface area contributed by atoms with Crippen LogP contribution in [-0.2, 0) is 0 Å². The molecule has 3 rings (SSSR count). The fourth-order valence-corrected chi connectivity index (χ4v) is 2.94. The summed E-state index contributed by atoms with van der Waals surface area (Å²) in [6.07, 6.45) is 1.65. The standard InChI is InChI=1S/C17H25N7/c1-5-18-17-21-12(2)10-15(22-17)23-6-8-24(9-7-23)16-13(3)14(4)19-11-20-16/h10-11H,5-9H2,1-4H3,(H,18,21,22). The van der Waals surface area contributed by atoms with Crippen LogP contribution in [-0.4, -0.2) is 52.7 Å². The highest BCUT2D eigenvalue weighted by Gasteiger charge is 2.21. The molecule has 1 saturated heterocycles. The average molecular weight is 327 g/mol. The minimum atomic E-state index is 0.706. The smallest absolute Gasteiger partial charge is 0.224 e. The van der Waals surface area contributed by atoms with Crippen LogP contribution in [0.15, 0.2) is 12.4 Å². The van der Waals surface area contributed by atoms with Crippen molar-refractivity contribution in [2.24, 2.45) is 0 Å². The van der Waals surface area contributed by atoms with E-state index in [4.69, 9.17) is 0 Å². The van der Waals surface area contributed by atoms with Crippen LogP contribution in [0.4, 0.5) is 17.6 Å². The highest BCUT2D eigenvalue weighted by molar-refractivity contribution is 5.51. The number of aryl methyl sites for hydroxylation is 2. The Bertz CT molecular complexity index is 708. The number of hydrogen-bond donors (Lipinski definition) is 1. The Morgan fingerprint density at radius 2 is 1.71 bits per heavy atom. The summed E-state index contributed by atoms with van der Waals surface area (Å²) in [5.74, 6) is 2.75. The number of anilines is 3. The Morgan fingerprint density at radius 3 is 2.42 bits per heavy atom. The lowest BCUT2D eigenvalue weighted by Gasteiger charge is -2.36. The van der Waals surface area contributed by atoms with Crippen LogP contribution in [0.1, 0.15) is 23.9 Å². The van der Waals surface area contributed by atoms with Crippen LogP contribution in [0.3, 0.4) is 0 Å². The van der Waals surface area contributed by atoms with Crippen molar-refractivity contribution in [3.63, 3.8) is 0 Å². The van der Waals surface area contributed by atoms with Crippen molar-refractivity contribution >= 4 is 17.6 Å². The Balaban J connectivity index is 1.72. The summed E-state index contributed by atoms with van der Waals surface area (Å²) in [5, 5.41) is 3.20. The molecule has 0 unspecified atom stereocenters. The third-order valence-electron chi connectivity index (χ3n) is 4.39. The molecule has 2 aromatic heterocycles. The normalized spacial score (nSPS) is 14.8. The second-order valence-corrected chi connectivity index (χ2v) is 6.10. The minimum Gasteiger partial charge on any atom is -0.354 e. The maximum atomic E-state index is 4.64. The molecule has 24 heavy (non-hydrogen) atoms. The molecule has 2 aromatic rings. The molecule has 128 valence electrons. The second-order valence-electron chi connectivity index (χ2n) is 6.10.